The molecule has 1 amide bonds. The molecule has 2 rings (SSSR count). The van der Waals surface area contributed by atoms with Crippen LogP contribution in [0.3, 0.4) is 0 Å². The molecule has 2 aliphatic heterocycles. The molecule has 0 radical (unpaired) electrons. The van der Waals surface area contributed by atoms with Crippen molar-refractivity contribution in [3.05, 3.63) is 0 Å². The average molecular weight is 326 g/mol. The molecule has 0 spiro atoms. The molecule has 0 atom stereocenters. The van der Waals surface area contributed by atoms with Crippen molar-refractivity contribution in [1.29, 1.82) is 0 Å². The summed E-state index contributed by atoms with van der Waals surface area (Å²) >= 11 is 5.58. The van der Waals surface area contributed by atoms with Crippen molar-refractivity contribution in [1.82, 2.24) is 14.4 Å². The van der Waals surface area contributed by atoms with Gasteiger partial charge in [0.2, 0.25) is 5.91 Å². The molecule has 0 saturated carbocycles. The third-order valence-corrected chi connectivity index (χ3v) is 6.40. The zero-order chi connectivity index (χ0) is 14.4. The van der Waals surface area contributed by atoms with Crippen molar-refractivity contribution in [2.75, 3.05) is 58.5 Å². The predicted molar refractivity (Wildman–Crippen MR) is 75.9 cm³/mol. The van der Waals surface area contributed by atoms with Crippen molar-refractivity contribution in [2.24, 2.45) is 0 Å². The lowest BCUT2D eigenvalue weighted by Gasteiger charge is -2.41. The number of halogens is 1. The van der Waals surface area contributed by atoms with E-state index in [-0.39, 0.29) is 18.2 Å². The molecular formula is C11H21ClN3O4P. The number of nitrogens with one attached hydrogen (secondary N) is 1. The molecule has 7 nitrogen and oxygen atoms in total. The summed E-state index contributed by atoms with van der Waals surface area (Å²) in [5.41, 5.74) is 0. The molecule has 9 heteroatoms. The molecule has 2 aliphatic rings. The minimum atomic E-state index is -3.11. The normalized spacial score (nSPS) is 22.6. The third kappa shape index (κ3) is 3.93. The van der Waals surface area contributed by atoms with Gasteiger partial charge >= 0.3 is 7.59 Å². The van der Waals surface area contributed by atoms with Gasteiger partial charge in [-0.1, -0.05) is 0 Å². The van der Waals surface area contributed by atoms with Crippen molar-refractivity contribution in [3.63, 3.8) is 0 Å². The maximum absolute atomic E-state index is 13.4. The summed E-state index contributed by atoms with van der Waals surface area (Å²) in [5, 5.41) is 2.71. The molecule has 20 heavy (non-hydrogen) atoms. The maximum atomic E-state index is 13.4. The molecular weight excluding hydrogens is 305 g/mol. The van der Waals surface area contributed by atoms with Crippen LogP contribution in [0.25, 0.3) is 0 Å². The van der Waals surface area contributed by atoms with Gasteiger partial charge in [0.25, 0.3) is 0 Å². The van der Waals surface area contributed by atoms with Crippen molar-refractivity contribution < 1.29 is 18.8 Å². The summed E-state index contributed by atoms with van der Waals surface area (Å²) in [7, 11) is -3.11. The summed E-state index contributed by atoms with van der Waals surface area (Å²) in [5.74, 6) is -0.0563. The van der Waals surface area contributed by atoms with Crippen LogP contribution in [0.15, 0.2) is 0 Å². The number of hydrogen-bond acceptors (Lipinski definition) is 4. The maximum Gasteiger partial charge on any atom is 0.311 e. The van der Waals surface area contributed by atoms with E-state index >= 15 is 0 Å². The van der Waals surface area contributed by atoms with E-state index in [1.54, 1.807) is 0 Å². The lowest BCUT2D eigenvalue weighted by atomic mass is 10.5. The summed E-state index contributed by atoms with van der Waals surface area (Å²) in [6, 6.07) is 0. The number of nitrogens with zero attached hydrogens (tertiary/aromatic N) is 2. The lowest BCUT2D eigenvalue weighted by molar-refractivity contribution is -0.119. The second kappa shape index (κ2) is 7.73. The van der Waals surface area contributed by atoms with Crippen LogP contribution < -0.4 is 5.09 Å². The highest BCUT2D eigenvalue weighted by molar-refractivity contribution is 7.57. The van der Waals surface area contributed by atoms with Crippen molar-refractivity contribution >= 4 is 25.1 Å². The standard InChI is InChI=1S/C11H21ClN3O4P/c12-2-1-11(16)13-20(17,14-3-7-18-8-4-14)15-5-9-19-10-6-15/h1-10H2,(H,13,16,17). The van der Waals surface area contributed by atoms with Gasteiger partial charge in [0, 0.05) is 38.5 Å². The van der Waals surface area contributed by atoms with E-state index in [0.29, 0.717) is 52.6 Å². The first-order valence-corrected chi connectivity index (χ1v) is 8.95. The monoisotopic (exact) mass is 325 g/mol. The van der Waals surface area contributed by atoms with Crippen molar-refractivity contribution in [2.45, 2.75) is 6.42 Å². The van der Waals surface area contributed by atoms with Gasteiger partial charge in [0.15, 0.2) is 0 Å². The van der Waals surface area contributed by atoms with E-state index in [9.17, 15) is 9.36 Å². The van der Waals surface area contributed by atoms with E-state index in [1.165, 1.54) is 0 Å². The Morgan fingerprint density at radius 1 is 1.05 bits per heavy atom. The molecule has 116 valence electrons. The summed E-state index contributed by atoms with van der Waals surface area (Å²) in [6.45, 7) is 4.32. The Balaban J connectivity index is 2.12. The topological polar surface area (TPSA) is 71.1 Å². The molecule has 2 heterocycles. The molecule has 0 aromatic carbocycles. The zero-order valence-corrected chi connectivity index (χ0v) is 13.1. The fraction of sp³-hybridized carbons (Fsp3) is 0.909. The Morgan fingerprint density at radius 2 is 1.50 bits per heavy atom. The minimum Gasteiger partial charge on any atom is -0.379 e. The van der Waals surface area contributed by atoms with Crippen LogP contribution in [-0.2, 0) is 18.8 Å². The highest BCUT2D eigenvalue weighted by atomic mass is 35.5. The molecule has 1 N–H and O–H groups in total. The van der Waals surface area contributed by atoms with E-state index < -0.39 is 7.59 Å². The van der Waals surface area contributed by atoms with Crippen LogP contribution in [-0.4, -0.2) is 73.7 Å². The zero-order valence-electron chi connectivity index (χ0n) is 11.4. The van der Waals surface area contributed by atoms with Crippen LogP contribution in [0.4, 0.5) is 0 Å². The molecule has 0 unspecified atom stereocenters. The highest BCUT2D eigenvalue weighted by Crippen LogP contribution is 2.49. The fourth-order valence-electron chi connectivity index (χ4n) is 2.27. The van der Waals surface area contributed by atoms with Crippen LogP contribution >= 0.6 is 19.2 Å². The molecule has 0 aliphatic carbocycles. The molecule has 2 saturated heterocycles. The number of carbonyl (C=O) groups excluding carboxylic acids is 1. The molecule has 2 fully saturated rings. The second-order valence-electron chi connectivity index (χ2n) is 4.65. The highest BCUT2D eigenvalue weighted by Gasteiger charge is 2.40. The van der Waals surface area contributed by atoms with Crippen LogP contribution in [0.2, 0.25) is 0 Å². The van der Waals surface area contributed by atoms with Crippen molar-refractivity contribution in [3.8, 4) is 0 Å². The number of morpholine rings is 2. The van der Waals surface area contributed by atoms with Gasteiger partial charge in [-0.3, -0.25) is 14.4 Å². The number of rotatable bonds is 5. The number of hydrogen-bond donors (Lipinski definition) is 1. The third-order valence-electron chi connectivity index (χ3n) is 3.33. The van der Waals surface area contributed by atoms with E-state index in [2.05, 4.69) is 5.09 Å². The first-order chi connectivity index (χ1) is 9.66. The van der Waals surface area contributed by atoms with E-state index in [1.807, 2.05) is 9.34 Å². The predicted octanol–water partition coefficient (Wildman–Crippen LogP) is 0.504. The summed E-state index contributed by atoms with van der Waals surface area (Å²) in [6.07, 6.45) is 0.167. The Morgan fingerprint density at radius 3 is 1.90 bits per heavy atom. The van der Waals surface area contributed by atoms with Gasteiger partial charge in [-0.25, -0.2) is 9.34 Å². The smallest absolute Gasteiger partial charge is 0.311 e. The summed E-state index contributed by atoms with van der Waals surface area (Å²) in [4.78, 5) is 11.9. The van der Waals surface area contributed by atoms with Gasteiger partial charge in [-0.15, -0.1) is 11.6 Å². The fourth-order valence-corrected chi connectivity index (χ4v) is 4.93. The molecule has 0 aromatic heterocycles. The minimum absolute atomic E-state index is 0.167. The van der Waals surface area contributed by atoms with Crippen LogP contribution in [0.1, 0.15) is 6.42 Å². The van der Waals surface area contributed by atoms with Gasteiger partial charge in [0.1, 0.15) is 0 Å². The molecule has 0 bridgehead atoms. The van der Waals surface area contributed by atoms with Gasteiger partial charge in [-0.2, -0.15) is 0 Å². The SMILES string of the molecule is O=C(CCCl)NP(=O)(N1CCOCC1)N1CCOCC1. The second-order valence-corrected chi connectivity index (χ2v) is 7.47. The Labute approximate surface area is 124 Å². The first kappa shape index (κ1) is 16.2. The Bertz CT molecular complexity index is 351. The Kier molecular flexibility index (Phi) is 6.26. The number of ether oxygens (including phenoxy) is 2. The quantitative estimate of drug-likeness (QED) is 0.586. The van der Waals surface area contributed by atoms with E-state index in [0.717, 1.165) is 0 Å². The summed E-state index contributed by atoms with van der Waals surface area (Å²) < 4.78 is 27.6. The number of carbonyl (C=O) groups is 1. The number of amides is 1. The van der Waals surface area contributed by atoms with Gasteiger partial charge < -0.3 is 9.47 Å². The Hall–Kier alpha value is -0.170. The van der Waals surface area contributed by atoms with Gasteiger partial charge in [0.05, 0.1) is 26.4 Å². The van der Waals surface area contributed by atoms with Crippen LogP contribution in [0, 0.1) is 0 Å². The largest absolute Gasteiger partial charge is 0.379 e. The molecule has 0 aromatic rings. The lowest BCUT2D eigenvalue weighted by Crippen LogP contribution is -2.48. The van der Waals surface area contributed by atoms with E-state index in [4.69, 9.17) is 21.1 Å². The van der Waals surface area contributed by atoms with Crippen LogP contribution in [0.5, 0.6) is 0 Å². The average Bonchev–Trinajstić information content (AvgIpc) is 2.49. The van der Waals surface area contributed by atoms with Gasteiger partial charge in [-0.05, 0) is 0 Å². The first-order valence-electron chi connectivity index (χ1n) is 6.80. The number of alkyl halides is 1.